The van der Waals surface area contributed by atoms with E-state index in [1.54, 1.807) is 18.2 Å². The largest absolute Gasteiger partial charge is 0.350 e. The zero-order valence-electron chi connectivity index (χ0n) is 13.0. The van der Waals surface area contributed by atoms with Crippen molar-refractivity contribution in [1.29, 1.82) is 0 Å². The highest BCUT2D eigenvalue weighted by molar-refractivity contribution is 7.92. The Labute approximate surface area is 151 Å². The average Bonchev–Trinajstić information content (AvgIpc) is 2.49. The van der Waals surface area contributed by atoms with Gasteiger partial charge in [0.2, 0.25) is 0 Å². The third-order valence-corrected chi connectivity index (χ3v) is 5.12. The summed E-state index contributed by atoms with van der Waals surface area (Å²) in [6.07, 6.45) is 0. The quantitative estimate of drug-likeness (QED) is 0.816. The van der Waals surface area contributed by atoms with E-state index in [4.69, 9.17) is 23.2 Å². The molecule has 0 spiro atoms. The summed E-state index contributed by atoms with van der Waals surface area (Å²) in [5.41, 5.74) is 0.635. The molecule has 0 radical (unpaired) electrons. The van der Waals surface area contributed by atoms with E-state index in [-0.39, 0.29) is 32.6 Å². The minimum atomic E-state index is -3.84. The number of halogens is 2. The zero-order chi connectivity index (χ0) is 17.9. The maximum absolute atomic E-state index is 12.4. The SMILES string of the molecule is CC(C)NC(=O)c1cccc(NS(=O)(=O)c2ccc(Cl)c(Cl)c2)c1. The van der Waals surface area contributed by atoms with Gasteiger partial charge in [0.05, 0.1) is 14.9 Å². The van der Waals surface area contributed by atoms with Crippen LogP contribution in [-0.4, -0.2) is 20.4 Å². The van der Waals surface area contributed by atoms with E-state index in [1.165, 1.54) is 24.3 Å². The first-order valence-corrected chi connectivity index (χ1v) is 9.32. The molecule has 0 fully saturated rings. The molecule has 0 aliphatic carbocycles. The molecule has 0 saturated heterocycles. The van der Waals surface area contributed by atoms with Crippen LogP contribution in [-0.2, 0) is 10.0 Å². The van der Waals surface area contributed by atoms with Gasteiger partial charge < -0.3 is 5.32 Å². The van der Waals surface area contributed by atoms with Gasteiger partial charge in [0.1, 0.15) is 0 Å². The normalized spacial score (nSPS) is 11.4. The monoisotopic (exact) mass is 386 g/mol. The van der Waals surface area contributed by atoms with Gasteiger partial charge in [-0.15, -0.1) is 0 Å². The zero-order valence-corrected chi connectivity index (χ0v) is 15.3. The van der Waals surface area contributed by atoms with Crippen molar-refractivity contribution in [3.63, 3.8) is 0 Å². The van der Waals surface area contributed by atoms with E-state index in [0.29, 0.717) is 5.56 Å². The topological polar surface area (TPSA) is 75.3 Å². The summed E-state index contributed by atoms with van der Waals surface area (Å²) >= 11 is 11.7. The Hall–Kier alpha value is -1.76. The molecule has 0 aliphatic rings. The highest BCUT2D eigenvalue weighted by atomic mass is 35.5. The standard InChI is InChI=1S/C16H16Cl2N2O3S/c1-10(2)19-16(21)11-4-3-5-12(8-11)20-24(22,23)13-6-7-14(17)15(18)9-13/h3-10,20H,1-2H3,(H,19,21). The van der Waals surface area contributed by atoms with E-state index in [2.05, 4.69) is 10.0 Å². The molecule has 0 bridgehead atoms. The summed E-state index contributed by atoms with van der Waals surface area (Å²) in [6.45, 7) is 3.68. The molecule has 24 heavy (non-hydrogen) atoms. The predicted molar refractivity (Wildman–Crippen MR) is 96.3 cm³/mol. The maximum Gasteiger partial charge on any atom is 0.261 e. The lowest BCUT2D eigenvalue weighted by molar-refractivity contribution is 0.0943. The molecule has 2 N–H and O–H groups in total. The van der Waals surface area contributed by atoms with E-state index >= 15 is 0 Å². The third-order valence-electron chi connectivity index (χ3n) is 3.00. The summed E-state index contributed by atoms with van der Waals surface area (Å²) in [5, 5.41) is 3.16. The average molecular weight is 387 g/mol. The molecule has 8 heteroatoms. The molecular formula is C16H16Cl2N2O3S. The molecule has 2 rings (SSSR count). The fraction of sp³-hybridized carbons (Fsp3) is 0.188. The van der Waals surface area contributed by atoms with Crippen molar-refractivity contribution < 1.29 is 13.2 Å². The van der Waals surface area contributed by atoms with Gasteiger partial charge in [-0.3, -0.25) is 9.52 Å². The lowest BCUT2D eigenvalue weighted by atomic mass is 10.2. The Bertz CT molecular complexity index is 867. The van der Waals surface area contributed by atoms with Crippen LogP contribution in [0.1, 0.15) is 24.2 Å². The highest BCUT2D eigenvalue weighted by Gasteiger charge is 2.16. The Balaban J connectivity index is 2.26. The lowest BCUT2D eigenvalue weighted by Crippen LogP contribution is -2.30. The Morgan fingerprint density at radius 2 is 1.75 bits per heavy atom. The summed E-state index contributed by atoms with van der Waals surface area (Å²) < 4.78 is 27.2. The Morgan fingerprint density at radius 3 is 2.38 bits per heavy atom. The molecule has 1 amide bonds. The van der Waals surface area contributed by atoms with Crippen molar-refractivity contribution in [2.45, 2.75) is 24.8 Å². The summed E-state index contributed by atoms with van der Waals surface area (Å²) in [7, 11) is -3.84. The molecule has 128 valence electrons. The fourth-order valence-electron chi connectivity index (χ4n) is 1.93. The van der Waals surface area contributed by atoms with Crippen molar-refractivity contribution >= 4 is 44.8 Å². The van der Waals surface area contributed by atoms with E-state index in [9.17, 15) is 13.2 Å². The summed E-state index contributed by atoms with van der Waals surface area (Å²) in [6, 6.07) is 10.2. The van der Waals surface area contributed by atoms with Crippen LogP contribution in [0.4, 0.5) is 5.69 Å². The minimum Gasteiger partial charge on any atom is -0.350 e. The van der Waals surface area contributed by atoms with Crippen LogP contribution in [0.2, 0.25) is 10.0 Å². The first kappa shape index (κ1) is 18.6. The van der Waals surface area contributed by atoms with E-state index in [0.717, 1.165) is 0 Å². The smallest absolute Gasteiger partial charge is 0.261 e. The molecule has 2 aromatic rings. The van der Waals surface area contributed by atoms with Crippen LogP contribution in [0.15, 0.2) is 47.4 Å². The van der Waals surface area contributed by atoms with Gasteiger partial charge >= 0.3 is 0 Å². The molecule has 5 nitrogen and oxygen atoms in total. The van der Waals surface area contributed by atoms with Crippen molar-refractivity contribution in [1.82, 2.24) is 5.32 Å². The minimum absolute atomic E-state index is 0.0194. The number of nitrogens with one attached hydrogen (secondary N) is 2. The second-order valence-electron chi connectivity index (χ2n) is 5.39. The molecule has 0 unspecified atom stereocenters. The Morgan fingerprint density at radius 1 is 1.04 bits per heavy atom. The first-order valence-electron chi connectivity index (χ1n) is 7.08. The van der Waals surface area contributed by atoms with Crippen LogP contribution in [0, 0.1) is 0 Å². The third kappa shape index (κ3) is 4.63. The van der Waals surface area contributed by atoms with Crippen molar-refractivity contribution in [2.75, 3.05) is 4.72 Å². The number of carbonyl (C=O) groups is 1. The number of rotatable bonds is 5. The number of benzene rings is 2. The van der Waals surface area contributed by atoms with Gasteiger partial charge in [0, 0.05) is 17.3 Å². The second-order valence-corrected chi connectivity index (χ2v) is 7.89. The van der Waals surface area contributed by atoms with Crippen LogP contribution in [0.25, 0.3) is 0 Å². The van der Waals surface area contributed by atoms with Crippen molar-refractivity contribution in [3.8, 4) is 0 Å². The molecule has 0 aromatic heterocycles. The molecule has 0 heterocycles. The number of anilines is 1. The number of amides is 1. The molecular weight excluding hydrogens is 371 g/mol. The predicted octanol–water partition coefficient (Wildman–Crippen LogP) is 3.93. The van der Waals surface area contributed by atoms with E-state index in [1.807, 2.05) is 13.8 Å². The van der Waals surface area contributed by atoms with Crippen LogP contribution >= 0.6 is 23.2 Å². The summed E-state index contributed by atoms with van der Waals surface area (Å²) in [4.78, 5) is 12.0. The van der Waals surface area contributed by atoms with Crippen LogP contribution in [0.5, 0.6) is 0 Å². The number of carbonyl (C=O) groups excluding carboxylic acids is 1. The van der Waals surface area contributed by atoms with Gasteiger partial charge in [0.15, 0.2) is 0 Å². The highest BCUT2D eigenvalue weighted by Crippen LogP contribution is 2.26. The van der Waals surface area contributed by atoms with Crippen LogP contribution < -0.4 is 10.0 Å². The second kappa shape index (κ2) is 7.42. The van der Waals surface area contributed by atoms with Gasteiger partial charge in [-0.05, 0) is 50.2 Å². The lowest BCUT2D eigenvalue weighted by Gasteiger charge is -2.11. The molecule has 2 aromatic carbocycles. The first-order chi connectivity index (χ1) is 11.2. The van der Waals surface area contributed by atoms with Crippen LogP contribution in [0.3, 0.4) is 0 Å². The van der Waals surface area contributed by atoms with Crippen molar-refractivity contribution in [2.24, 2.45) is 0 Å². The Kier molecular flexibility index (Phi) is 5.74. The van der Waals surface area contributed by atoms with Crippen molar-refractivity contribution in [3.05, 3.63) is 58.1 Å². The number of hydrogen-bond acceptors (Lipinski definition) is 3. The van der Waals surface area contributed by atoms with Gasteiger partial charge in [-0.1, -0.05) is 29.3 Å². The molecule has 0 atom stereocenters. The maximum atomic E-state index is 12.4. The fourth-order valence-corrected chi connectivity index (χ4v) is 3.37. The van der Waals surface area contributed by atoms with Gasteiger partial charge in [-0.2, -0.15) is 0 Å². The van der Waals surface area contributed by atoms with Gasteiger partial charge in [0.25, 0.3) is 15.9 Å². The summed E-state index contributed by atoms with van der Waals surface area (Å²) in [5.74, 6) is -0.277. The molecule has 0 aliphatic heterocycles. The molecule has 0 saturated carbocycles. The van der Waals surface area contributed by atoms with Gasteiger partial charge in [-0.25, -0.2) is 8.42 Å². The van der Waals surface area contributed by atoms with E-state index < -0.39 is 10.0 Å². The number of sulfonamides is 1. The number of hydrogen-bond donors (Lipinski definition) is 2.